The lowest BCUT2D eigenvalue weighted by molar-refractivity contribution is 0.0600. The second-order valence-corrected chi connectivity index (χ2v) is 5.47. The van der Waals surface area contributed by atoms with E-state index in [0.29, 0.717) is 22.8 Å². The Hall–Kier alpha value is -3.81. The zero-order valence-electron chi connectivity index (χ0n) is 14.3. The summed E-state index contributed by atoms with van der Waals surface area (Å²) in [5, 5.41) is 13.3. The molecule has 0 unspecified atom stereocenters. The monoisotopic (exact) mass is 366 g/mol. The van der Waals surface area contributed by atoms with Crippen LogP contribution in [0.25, 0.3) is 0 Å². The molecule has 1 amide bonds. The summed E-state index contributed by atoms with van der Waals surface area (Å²) in [5.74, 6) is -0.997. The summed E-state index contributed by atoms with van der Waals surface area (Å²) in [6, 6.07) is 15.3. The lowest BCUT2D eigenvalue weighted by atomic mass is 10.2. The van der Waals surface area contributed by atoms with Crippen molar-refractivity contribution in [2.24, 2.45) is 0 Å². The Kier molecular flexibility index (Phi) is 5.36. The normalized spacial score (nSPS) is 10.1. The van der Waals surface area contributed by atoms with Crippen molar-refractivity contribution >= 4 is 29.1 Å². The molecule has 27 heavy (non-hydrogen) atoms. The van der Waals surface area contributed by atoms with Gasteiger partial charge in [0.2, 0.25) is 0 Å². The van der Waals surface area contributed by atoms with Crippen LogP contribution in [0.5, 0.6) is 0 Å². The van der Waals surface area contributed by atoms with Crippen molar-refractivity contribution in [3.05, 3.63) is 77.7 Å². The highest BCUT2D eigenvalue weighted by Gasteiger charge is 2.11. The van der Waals surface area contributed by atoms with Gasteiger partial charge >= 0.3 is 5.97 Å². The molecule has 0 spiro atoms. The van der Waals surface area contributed by atoms with E-state index >= 15 is 0 Å². The lowest BCUT2D eigenvalue weighted by Gasteiger charge is -2.07. The Labute approximate surface area is 154 Å². The van der Waals surface area contributed by atoms with E-state index in [4.69, 9.17) is 0 Å². The lowest BCUT2D eigenvalue weighted by Crippen LogP contribution is -2.15. The summed E-state index contributed by atoms with van der Waals surface area (Å²) in [6.07, 6.45) is 0. The number of halogens is 1. The van der Waals surface area contributed by atoms with E-state index in [1.54, 1.807) is 36.4 Å². The van der Waals surface area contributed by atoms with Gasteiger partial charge in [-0.15, -0.1) is 10.2 Å². The van der Waals surface area contributed by atoms with Gasteiger partial charge in [0, 0.05) is 11.4 Å². The van der Waals surface area contributed by atoms with Crippen LogP contribution in [0.3, 0.4) is 0 Å². The fraction of sp³-hybridized carbons (Fsp3) is 0.0526. The number of benzene rings is 2. The van der Waals surface area contributed by atoms with Gasteiger partial charge in [-0.3, -0.25) is 4.79 Å². The van der Waals surface area contributed by atoms with Gasteiger partial charge in [0.25, 0.3) is 5.91 Å². The highest BCUT2D eigenvalue weighted by Crippen LogP contribution is 2.16. The van der Waals surface area contributed by atoms with Crippen LogP contribution in [0.15, 0.2) is 60.7 Å². The van der Waals surface area contributed by atoms with Crippen molar-refractivity contribution in [2.45, 2.75) is 0 Å². The maximum Gasteiger partial charge on any atom is 0.337 e. The standard InChI is InChI=1S/C19H15FN4O3/c1-27-19(26)12-4-2-6-14(10-12)22-18(25)16-8-9-17(24-23-16)21-15-7-3-5-13(20)11-15/h2-11H,1H3,(H,21,24)(H,22,25). The minimum atomic E-state index is -0.501. The van der Waals surface area contributed by atoms with Crippen molar-refractivity contribution in [3.63, 3.8) is 0 Å². The van der Waals surface area contributed by atoms with Crippen molar-refractivity contribution in [2.75, 3.05) is 17.7 Å². The van der Waals surface area contributed by atoms with Gasteiger partial charge in [-0.2, -0.15) is 0 Å². The molecule has 2 aromatic carbocycles. The number of esters is 1. The third-order valence-electron chi connectivity index (χ3n) is 3.54. The van der Waals surface area contributed by atoms with E-state index in [2.05, 4.69) is 25.6 Å². The molecule has 1 aromatic heterocycles. The van der Waals surface area contributed by atoms with E-state index in [9.17, 15) is 14.0 Å². The van der Waals surface area contributed by atoms with Crippen LogP contribution >= 0.6 is 0 Å². The molecule has 8 heteroatoms. The Balaban J connectivity index is 1.68. The average Bonchev–Trinajstić information content (AvgIpc) is 2.68. The molecule has 0 aliphatic carbocycles. The van der Waals surface area contributed by atoms with Gasteiger partial charge in [-0.25, -0.2) is 9.18 Å². The molecular weight excluding hydrogens is 351 g/mol. The van der Waals surface area contributed by atoms with Crippen LogP contribution in [-0.2, 0) is 4.74 Å². The topological polar surface area (TPSA) is 93.2 Å². The number of ether oxygens (including phenoxy) is 1. The molecule has 1 heterocycles. The minimum absolute atomic E-state index is 0.0864. The van der Waals surface area contributed by atoms with Crippen LogP contribution in [-0.4, -0.2) is 29.2 Å². The van der Waals surface area contributed by atoms with Crippen molar-refractivity contribution in [1.82, 2.24) is 10.2 Å². The molecule has 0 aliphatic heterocycles. The molecule has 2 N–H and O–H groups in total. The van der Waals surface area contributed by atoms with Crippen LogP contribution in [0.2, 0.25) is 0 Å². The van der Waals surface area contributed by atoms with Gasteiger partial charge in [0.1, 0.15) is 5.82 Å². The second kappa shape index (κ2) is 8.05. The summed E-state index contributed by atoms with van der Waals surface area (Å²) >= 11 is 0. The molecule has 3 rings (SSSR count). The Morgan fingerprint density at radius 1 is 0.963 bits per heavy atom. The van der Waals surface area contributed by atoms with E-state index in [0.717, 1.165) is 0 Å². The summed E-state index contributed by atoms with van der Waals surface area (Å²) in [4.78, 5) is 23.8. The SMILES string of the molecule is COC(=O)c1cccc(NC(=O)c2ccc(Nc3cccc(F)c3)nn2)c1. The number of rotatable bonds is 5. The molecular formula is C19H15FN4O3. The molecule has 0 radical (unpaired) electrons. The zero-order valence-corrected chi connectivity index (χ0v) is 14.3. The van der Waals surface area contributed by atoms with Crippen molar-refractivity contribution in [3.8, 4) is 0 Å². The molecule has 0 saturated heterocycles. The van der Waals surface area contributed by atoms with Crippen LogP contribution in [0.4, 0.5) is 21.6 Å². The largest absolute Gasteiger partial charge is 0.465 e. The average molecular weight is 366 g/mol. The number of methoxy groups -OCH3 is 1. The van der Waals surface area contributed by atoms with Gasteiger partial charge in [-0.05, 0) is 48.5 Å². The highest BCUT2D eigenvalue weighted by atomic mass is 19.1. The van der Waals surface area contributed by atoms with E-state index in [1.165, 1.54) is 31.4 Å². The van der Waals surface area contributed by atoms with Crippen molar-refractivity contribution < 1.29 is 18.7 Å². The number of nitrogens with one attached hydrogen (secondary N) is 2. The Morgan fingerprint density at radius 3 is 2.44 bits per heavy atom. The maximum absolute atomic E-state index is 13.2. The minimum Gasteiger partial charge on any atom is -0.465 e. The fourth-order valence-corrected chi connectivity index (χ4v) is 2.27. The summed E-state index contributed by atoms with van der Waals surface area (Å²) in [6.45, 7) is 0. The van der Waals surface area contributed by atoms with E-state index in [1.807, 2.05) is 0 Å². The number of hydrogen-bond donors (Lipinski definition) is 2. The van der Waals surface area contributed by atoms with Gasteiger partial charge in [0.05, 0.1) is 12.7 Å². The summed E-state index contributed by atoms with van der Waals surface area (Å²) in [5.41, 5.74) is 1.34. The maximum atomic E-state index is 13.2. The molecule has 136 valence electrons. The van der Waals surface area contributed by atoms with Crippen molar-refractivity contribution in [1.29, 1.82) is 0 Å². The number of aromatic nitrogens is 2. The fourth-order valence-electron chi connectivity index (χ4n) is 2.27. The summed E-state index contributed by atoms with van der Waals surface area (Å²) < 4.78 is 17.8. The summed E-state index contributed by atoms with van der Waals surface area (Å²) in [7, 11) is 1.28. The van der Waals surface area contributed by atoms with Gasteiger partial charge in [0.15, 0.2) is 11.5 Å². The molecule has 7 nitrogen and oxygen atoms in total. The first-order valence-electron chi connectivity index (χ1n) is 7.91. The zero-order chi connectivity index (χ0) is 19.2. The second-order valence-electron chi connectivity index (χ2n) is 5.47. The number of amides is 1. The van der Waals surface area contributed by atoms with Gasteiger partial charge in [-0.1, -0.05) is 12.1 Å². The number of nitrogens with zero attached hydrogens (tertiary/aromatic N) is 2. The Bertz CT molecular complexity index is 977. The first kappa shape index (κ1) is 18.0. The van der Waals surface area contributed by atoms with Crippen LogP contribution in [0.1, 0.15) is 20.8 Å². The van der Waals surface area contributed by atoms with Crippen LogP contribution < -0.4 is 10.6 Å². The van der Waals surface area contributed by atoms with Crippen LogP contribution in [0, 0.1) is 5.82 Å². The Morgan fingerprint density at radius 2 is 1.74 bits per heavy atom. The first-order valence-corrected chi connectivity index (χ1v) is 7.91. The molecule has 0 atom stereocenters. The predicted molar refractivity (Wildman–Crippen MR) is 97.4 cm³/mol. The molecule has 0 saturated carbocycles. The predicted octanol–water partition coefficient (Wildman–Crippen LogP) is 3.40. The molecule has 0 aliphatic rings. The molecule has 0 bridgehead atoms. The van der Waals surface area contributed by atoms with E-state index in [-0.39, 0.29) is 11.5 Å². The number of hydrogen-bond acceptors (Lipinski definition) is 6. The molecule has 3 aromatic rings. The highest BCUT2D eigenvalue weighted by molar-refractivity contribution is 6.03. The smallest absolute Gasteiger partial charge is 0.337 e. The number of anilines is 3. The third kappa shape index (κ3) is 4.63. The third-order valence-corrected chi connectivity index (χ3v) is 3.54. The first-order chi connectivity index (χ1) is 13.0. The number of carbonyl (C=O) groups is 2. The molecule has 0 fully saturated rings. The van der Waals surface area contributed by atoms with Gasteiger partial charge < -0.3 is 15.4 Å². The number of carbonyl (C=O) groups excluding carboxylic acids is 2. The quantitative estimate of drug-likeness (QED) is 0.672. The van der Waals surface area contributed by atoms with E-state index < -0.39 is 11.9 Å².